The van der Waals surface area contributed by atoms with Gasteiger partial charge in [-0.3, -0.25) is 9.59 Å². The van der Waals surface area contributed by atoms with Gasteiger partial charge in [0.15, 0.2) is 5.78 Å². The fraction of sp³-hybridized carbons (Fsp3) is 0.160. The first-order valence-electron chi connectivity index (χ1n) is 10.2. The quantitative estimate of drug-likeness (QED) is 0.392. The predicted octanol–water partition coefficient (Wildman–Crippen LogP) is 5.19. The van der Waals surface area contributed by atoms with Crippen molar-refractivity contribution < 1.29 is 9.59 Å². The zero-order chi connectivity index (χ0) is 21.6. The molecule has 0 radical (unpaired) electrons. The fourth-order valence-corrected chi connectivity index (χ4v) is 4.14. The van der Waals surface area contributed by atoms with Crippen LogP contribution in [0.15, 0.2) is 79.0 Å². The summed E-state index contributed by atoms with van der Waals surface area (Å²) in [5, 5.41) is 7.70. The summed E-state index contributed by atoms with van der Waals surface area (Å²) in [6.45, 7) is 2.32. The Morgan fingerprint density at radius 3 is 2.32 bits per heavy atom. The second-order valence-corrected chi connectivity index (χ2v) is 8.55. The third-order valence-corrected chi connectivity index (χ3v) is 5.97. The molecule has 0 unspecified atom stereocenters. The van der Waals surface area contributed by atoms with Crippen molar-refractivity contribution in [1.29, 1.82) is 0 Å². The summed E-state index contributed by atoms with van der Waals surface area (Å²) >= 11 is 1.47. The largest absolute Gasteiger partial charge is 0.352 e. The summed E-state index contributed by atoms with van der Waals surface area (Å²) in [4.78, 5) is 26.5. The highest BCUT2D eigenvalue weighted by Gasteiger charge is 2.15. The van der Waals surface area contributed by atoms with Gasteiger partial charge in [-0.05, 0) is 31.2 Å². The van der Waals surface area contributed by atoms with Gasteiger partial charge in [0.25, 0.3) is 0 Å². The number of aromatic nitrogens is 2. The minimum atomic E-state index is -0.145. The maximum Gasteiger partial charge on any atom is 0.220 e. The van der Waals surface area contributed by atoms with E-state index in [9.17, 15) is 9.59 Å². The first-order valence-corrected chi connectivity index (χ1v) is 11.0. The Bertz CT molecular complexity index is 1180. The minimum absolute atomic E-state index is 0.00937. The third kappa shape index (κ3) is 5.16. The molecule has 0 saturated carbocycles. The van der Waals surface area contributed by atoms with Gasteiger partial charge >= 0.3 is 0 Å². The van der Waals surface area contributed by atoms with E-state index in [1.807, 2.05) is 90.6 Å². The number of aryl methyl sites for hydroxylation is 1. The van der Waals surface area contributed by atoms with Crippen LogP contribution in [-0.4, -0.2) is 21.5 Å². The number of ketones is 1. The number of para-hydroxylation sites is 1. The maximum absolute atomic E-state index is 12.4. The van der Waals surface area contributed by atoms with E-state index < -0.39 is 0 Å². The average molecular weight is 430 g/mol. The monoisotopic (exact) mass is 429 g/mol. The summed E-state index contributed by atoms with van der Waals surface area (Å²) in [7, 11) is 0. The molecule has 5 nitrogen and oxygen atoms in total. The number of benzene rings is 2. The van der Waals surface area contributed by atoms with Gasteiger partial charge < -0.3 is 5.32 Å². The van der Waals surface area contributed by atoms with E-state index in [1.165, 1.54) is 11.3 Å². The lowest BCUT2D eigenvalue weighted by atomic mass is 10.1. The van der Waals surface area contributed by atoms with Crippen LogP contribution in [0, 0.1) is 6.92 Å². The summed E-state index contributed by atoms with van der Waals surface area (Å²) in [6, 6.07) is 23.5. The molecule has 0 atom stereocenters. The lowest BCUT2D eigenvalue weighted by molar-refractivity contribution is -0.121. The molecule has 31 heavy (non-hydrogen) atoms. The standard InChI is InChI=1S/C25H23N3O2S/c1-18-12-14-23(31-18)22(29)13-15-24(30)26-16-20-17-28(21-10-6-3-7-11-21)27-25(20)19-8-4-2-5-9-19/h2-12,14,17H,13,15-16H2,1H3,(H,26,30). The van der Waals surface area contributed by atoms with Gasteiger partial charge in [-0.15, -0.1) is 11.3 Å². The molecule has 2 heterocycles. The molecule has 0 saturated heterocycles. The van der Waals surface area contributed by atoms with Crippen LogP contribution in [-0.2, 0) is 11.3 Å². The molecule has 2 aromatic carbocycles. The summed E-state index contributed by atoms with van der Waals surface area (Å²) in [6.07, 6.45) is 2.32. The van der Waals surface area contributed by atoms with E-state index in [1.54, 1.807) is 0 Å². The highest BCUT2D eigenvalue weighted by atomic mass is 32.1. The number of Topliss-reactive ketones (excluding diaryl/α,β-unsaturated/α-hetero) is 1. The number of rotatable bonds is 8. The molecule has 0 aliphatic rings. The van der Waals surface area contributed by atoms with Crippen molar-refractivity contribution in [3.63, 3.8) is 0 Å². The van der Waals surface area contributed by atoms with Crippen molar-refractivity contribution in [1.82, 2.24) is 15.1 Å². The van der Waals surface area contributed by atoms with Crippen molar-refractivity contribution in [3.05, 3.63) is 94.3 Å². The van der Waals surface area contributed by atoms with Crippen LogP contribution in [0.25, 0.3) is 16.9 Å². The highest BCUT2D eigenvalue weighted by molar-refractivity contribution is 7.14. The average Bonchev–Trinajstić information content (AvgIpc) is 3.44. The molecular weight excluding hydrogens is 406 g/mol. The van der Waals surface area contributed by atoms with Crippen molar-refractivity contribution in [2.45, 2.75) is 26.3 Å². The lowest BCUT2D eigenvalue weighted by Crippen LogP contribution is -2.23. The van der Waals surface area contributed by atoms with Crippen molar-refractivity contribution >= 4 is 23.0 Å². The van der Waals surface area contributed by atoms with Crippen molar-refractivity contribution in [3.8, 4) is 16.9 Å². The van der Waals surface area contributed by atoms with Crippen molar-refractivity contribution in [2.24, 2.45) is 0 Å². The fourth-order valence-electron chi connectivity index (χ4n) is 3.31. The zero-order valence-electron chi connectivity index (χ0n) is 17.2. The number of nitrogens with one attached hydrogen (secondary N) is 1. The zero-order valence-corrected chi connectivity index (χ0v) is 18.1. The van der Waals surface area contributed by atoms with Gasteiger partial charge in [0.05, 0.1) is 16.3 Å². The van der Waals surface area contributed by atoms with Gasteiger partial charge in [0.2, 0.25) is 5.91 Å². The number of nitrogens with zero attached hydrogens (tertiary/aromatic N) is 2. The van der Waals surface area contributed by atoms with Gasteiger partial charge in [-0.1, -0.05) is 48.5 Å². The van der Waals surface area contributed by atoms with Crippen LogP contribution >= 0.6 is 11.3 Å². The van der Waals surface area contributed by atoms with E-state index in [0.29, 0.717) is 11.4 Å². The molecule has 0 bridgehead atoms. The first kappa shape index (κ1) is 20.8. The Balaban J connectivity index is 1.45. The van der Waals surface area contributed by atoms with Gasteiger partial charge in [-0.25, -0.2) is 4.68 Å². The third-order valence-electron chi connectivity index (χ3n) is 4.93. The lowest BCUT2D eigenvalue weighted by Gasteiger charge is -2.05. The molecular formula is C25H23N3O2S. The number of carbonyl (C=O) groups excluding carboxylic acids is 2. The summed E-state index contributed by atoms with van der Waals surface area (Å²) < 4.78 is 1.83. The van der Waals surface area contributed by atoms with Crippen LogP contribution < -0.4 is 5.32 Å². The van der Waals surface area contributed by atoms with E-state index in [0.717, 1.165) is 27.4 Å². The van der Waals surface area contributed by atoms with Gasteiger partial charge in [-0.2, -0.15) is 5.10 Å². The maximum atomic E-state index is 12.4. The normalized spacial score (nSPS) is 10.7. The number of carbonyl (C=O) groups is 2. The number of hydrogen-bond acceptors (Lipinski definition) is 4. The smallest absolute Gasteiger partial charge is 0.220 e. The van der Waals surface area contributed by atoms with Crippen LogP contribution in [0.1, 0.15) is 33.0 Å². The van der Waals surface area contributed by atoms with Crippen LogP contribution in [0.4, 0.5) is 0 Å². The molecule has 1 N–H and O–H groups in total. The minimum Gasteiger partial charge on any atom is -0.352 e. The number of hydrogen-bond donors (Lipinski definition) is 1. The molecule has 0 aliphatic carbocycles. The van der Waals surface area contributed by atoms with E-state index >= 15 is 0 Å². The molecule has 0 aliphatic heterocycles. The first-order chi connectivity index (χ1) is 15.1. The molecule has 4 rings (SSSR count). The van der Waals surface area contributed by atoms with Crippen LogP contribution in [0.3, 0.4) is 0 Å². The van der Waals surface area contributed by atoms with Crippen molar-refractivity contribution in [2.75, 3.05) is 0 Å². The molecule has 4 aromatic rings. The Morgan fingerprint density at radius 1 is 0.935 bits per heavy atom. The molecule has 0 fully saturated rings. The molecule has 2 aromatic heterocycles. The topological polar surface area (TPSA) is 64.0 Å². The molecule has 1 amide bonds. The highest BCUT2D eigenvalue weighted by Crippen LogP contribution is 2.24. The second-order valence-electron chi connectivity index (χ2n) is 7.26. The Hall–Kier alpha value is -3.51. The summed E-state index contributed by atoms with van der Waals surface area (Å²) in [5.74, 6) is -0.136. The predicted molar refractivity (Wildman–Crippen MR) is 123 cm³/mol. The van der Waals surface area contributed by atoms with E-state index in [2.05, 4.69) is 5.32 Å². The Kier molecular flexibility index (Phi) is 6.38. The molecule has 0 spiro atoms. The Labute approximate surface area is 185 Å². The summed E-state index contributed by atoms with van der Waals surface area (Å²) in [5.41, 5.74) is 3.69. The van der Waals surface area contributed by atoms with Gasteiger partial charge in [0, 0.05) is 41.6 Å². The van der Waals surface area contributed by atoms with E-state index in [4.69, 9.17) is 5.10 Å². The number of amides is 1. The van der Waals surface area contributed by atoms with E-state index in [-0.39, 0.29) is 24.5 Å². The second kappa shape index (κ2) is 9.53. The van der Waals surface area contributed by atoms with Crippen LogP contribution in [0.2, 0.25) is 0 Å². The molecule has 6 heteroatoms. The van der Waals surface area contributed by atoms with Crippen LogP contribution in [0.5, 0.6) is 0 Å². The van der Waals surface area contributed by atoms with Gasteiger partial charge in [0.1, 0.15) is 0 Å². The number of thiophene rings is 1. The SMILES string of the molecule is Cc1ccc(C(=O)CCC(=O)NCc2cn(-c3ccccc3)nc2-c2ccccc2)s1. The molecule has 156 valence electrons. The Morgan fingerprint density at radius 2 is 1.65 bits per heavy atom.